The number of hydrogen-bond acceptors (Lipinski definition) is 2. The Hall–Kier alpha value is -7.56. The molecule has 4 nitrogen and oxygen atoms in total. The Bertz CT molecular complexity index is 3030. The van der Waals surface area contributed by atoms with Gasteiger partial charge in [-0.1, -0.05) is 146 Å². The molecule has 0 fully saturated rings. The Morgan fingerprint density at radius 3 is 1.09 bits per heavy atom. The van der Waals surface area contributed by atoms with Gasteiger partial charge in [-0.25, -0.2) is 9.97 Å². The zero-order valence-electron chi connectivity index (χ0n) is 30.4. The van der Waals surface area contributed by atoms with Gasteiger partial charge in [0.15, 0.2) is 0 Å². The first-order chi connectivity index (χ1) is 27.8. The minimum atomic E-state index is 0.883. The third-order valence-electron chi connectivity index (χ3n) is 10.9. The third-order valence-corrected chi connectivity index (χ3v) is 10.9. The molecule has 0 amide bonds. The predicted octanol–water partition coefficient (Wildman–Crippen LogP) is 13.3. The Morgan fingerprint density at radius 1 is 0.250 bits per heavy atom. The van der Waals surface area contributed by atoms with Gasteiger partial charge in [-0.15, -0.1) is 0 Å². The molecular formula is C52H34N4. The van der Waals surface area contributed by atoms with Gasteiger partial charge in [-0.2, -0.15) is 0 Å². The average Bonchev–Trinajstić information content (AvgIpc) is 3.78. The van der Waals surface area contributed by atoms with Gasteiger partial charge >= 0.3 is 0 Å². The summed E-state index contributed by atoms with van der Waals surface area (Å²) in [5, 5.41) is 4.70. The van der Waals surface area contributed by atoms with Crippen LogP contribution in [0.1, 0.15) is 0 Å². The molecule has 4 heteroatoms. The van der Waals surface area contributed by atoms with E-state index in [4.69, 9.17) is 9.97 Å². The number of fused-ring (bicyclic) bond motifs is 6. The quantitative estimate of drug-likeness (QED) is 0.172. The normalized spacial score (nSPS) is 11.6. The summed E-state index contributed by atoms with van der Waals surface area (Å²) in [6.07, 6.45) is 0. The van der Waals surface area contributed by atoms with Crippen LogP contribution in [-0.4, -0.2) is 19.1 Å². The van der Waals surface area contributed by atoms with Gasteiger partial charge in [0.2, 0.25) is 0 Å². The SMILES string of the molecule is c1ccc(-c2cccc(-c3cccc(-n4c5ccccc5c5cc6c(cc54)c4ccccc4n6-c4cccc(-c5cccc(-c6ccccc6)c5)n4)n3)c2)cc1. The highest BCUT2D eigenvalue weighted by molar-refractivity contribution is 6.18. The van der Waals surface area contributed by atoms with E-state index in [1.807, 2.05) is 0 Å². The Kier molecular flexibility index (Phi) is 7.46. The molecule has 0 atom stereocenters. The summed E-state index contributed by atoms with van der Waals surface area (Å²) < 4.78 is 4.64. The number of pyridine rings is 2. The van der Waals surface area contributed by atoms with Crippen molar-refractivity contribution < 1.29 is 0 Å². The maximum absolute atomic E-state index is 5.33. The van der Waals surface area contributed by atoms with E-state index in [0.29, 0.717) is 0 Å². The highest BCUT2D eigenvalue weighted by Crippen LogP contribution is 2.40. The van der Waals surface area contributed by atoms with E-state index in [0.717, 1.165) is 56.2 Å². The van der Waals surface area contributed by atoms with E-state index in [2.05, 4.69) is 215 Å². The molecule has 0 saturated heterocycles. The van der Waals surface area contributed by atoms with E-state index in [1.165, 1.54) is 43.8 Å². The van der Waals surface area contributed by atoms with Crippen molar-refractivity contribution in [3.63, 3.8) is 0 Å². The van der Waals surface area contributed by atoms with Crippen LogP contribution in [0, 0.1) is 0 Å². The van der Waals surface area contributed by atoms with E-state index in [9.17, 15) is 0 Å². The lowest BCUT2D eigenvalue weighted by atomic mass is 10.0. The van der Waals surface area contributed by atoms with Crippen molar-refractivity contribution in [1.82, 2.24) is 19.1 Å². The van der Waals surface area contributed by atoms with Crippen molar-refractivity contribution in [3.05, 3.63) is 206 Å². The van der Waals surface area contributed by atoms with Crippen LogP contribution in [0.3, 0.4) is 0 Å². The maximum atomic E-state index is 5.33. The van der Waals surface area contributed by atoms with Gasteiger partial charge in [-0.3, -0.25) is 9.13 Å². The Morgan fingerprint density at radius 2 is 0.625 bits per heavy atom. The molecule has 0 bridgehead atoms. The van der Waals surface area contributed by atoms with Crippen LogP contribution in [0.15, 0.2) is 206 Å². The van der Waals surface area contributed by atoms with Crippen LogP contribution < -0.4 is 0 Å². The lowest BCUT2D eigenvalue weighted by Gasteiger charge is -2.11. The largest absolute Gasteiger partial charge is 0.294 e. The standard InChI is InChI=1S/C52H34N4/c1-3-15-35(16-4-1)37-19-11-21-39(31-37)45-25-13-29-51(53-45)55-47-27-9-7-23-41(47)43-34-50-44(33-49(43)55)42-24-8-10-28-48(42)56(50)52-30-14-26-46(54-52)40-22-12-20-38(32-40)36-17-5-2-6-18-36/h1-34H. The molecule has 262 valence electrons. The minimum Gasteiger partial charge on any atom is -0.294 e. The lowest BCUT2D eigenvalue weighted by molar-refractivity contribution is 1.08. The molecule has 0 aliphatic rings. The molecule has 4 heterocycles. The zero-order valence-corrected chi connectivity index (χ0v) is 30.4. The number of aromatic nitrogens is 4. The number of benzene rings is 7. The summed E-state index contributed by atoms with van der Waals surface area (Å²) in [5.41, 5.74) is 13.2. The molecular weight excluding hydrogens is 681 g/mol. The molecule has 11 rings (SSSR count). The van der Waals surface area contributed by atoms with Crippen molar-refractivity contribution in [2.24, 2.45) is 0 Å². The summed E-state index contributed by atoms with van der Waals surface area (Å²) in [5.74, 6) is 1.77. The van der Waals surface area contributed by atoms with Gasteiger partial charge in [0.1, 0.15) is 11.6 Å². The average molecular weight is 715 g/mol. The third kappa shape index (κ3) is 5.31. The fourth-order valence-corrected chi connectivity index (χ4v) is 8.32. The van der Waals surface area contributed by atoms with Crippen molar-refractivity contribution in [3.8, 4) is 56.4 Å². The van der Waals surface area contributed by atoms with E-state index in [-0.39, 0.29) is 0 Å². The topological polar surface area (TPSA) is 35.6 Å². The molecule has 0 N–H and O–H groups in total. The predicted molar refractivity (Wildman–Crippen MR) is 232 cm³/mol. The summed E-state index contributed by atoms with van der Waals surface area (Å²) in [7, 11) is 0. The molecule has 0 aliphatic heterocycles. The van der Waals surface area contributed by atoms with E-state index < -0.39 is 0 Å². The minimum absolute atomic E-state index is 0.883. The fraction of sp³-hybridized carbons (Fsp3) is 0. The Balaban J connectivity index is 1.09. The molecule has 4 aromatic heterocycles. The van der Waals surface area contributed by atoms with Crippen molar-refractivity contribution in [2.75, 3.05) is 0 Å². The summed E-state index contributed by atoms with van der Waals surface area (Å²) in [6.45, 7) is 0. The second kappa shape index (κ2) is 13.1. The molecule has 0 spiro atoms. The summed E-state index contributed by atoms with van der Waals surface area (Å²) in [4.78, 5) is 10.7. The first-order valence-corrected chi connectivity index (χ1v) is 19.0. The highest BCUT2D eigenvalue weighted by Gasteiger charge is 2.20. The van der Waals surface area contributed by atoms with Gasteiger partial charge in [0.25, 0.3) is 0 Å². The molecule has 11 aromatic rings. The van der Waals surface area contributed by atoms with Gasteiger partial charge in [0, 0.05) is 32.7 Å². The van der Waals surface area contributed by atoms with Crippen molar-refractivity contribution >= 4 is 43.6 Å². The van der Waals surface area contributed by atoms with Crippen LogP contribution in [0.2, 0.25) is 0 Å². The molecule has 0 saturated carbocycles. The highest BCUT2D eigenvalue weighted by atomic mass is 15.1. The first kappa shape index (κ1) is 31.9. The second-order valence-corrected chi connectivity index (χ2v) is 14.2. The lowest BCUT2D eigenvalue weighted by Crippen LogP contribution is -1.99. The monoisotopic (exact) mass is 714 g/mol. The smallest absolute Gasteiger partial charge is 0.138 e. The fourth-order valence-electron chi connectivity index (χ4n) is 8.32. The molecule has 0 unspecified atom stereocenters. The van der Waals surface area contributed by atoms with E-state index in [1.54, 1.807) is 0 Å². The second-order valence-electron chi connectivity index (χ2n) is 14.2. The van der Waals surface area contributed by atoms with Crippen LogP contribution in [0.4, 0.5) is 0 Å². The first-order valence-electron chi connectivity index (χ1n) is 19.0. The number of rotatable bonds is 6. The van der Waals surface area contributed by atoms with Crippen molar-refractivity contribution in [2.45, 2.75) is 0 Å². The van der Waals surface area contributed by atoms with Gasteiger partial charge in [0.05, 0.1) is 33.5 Å². The van der Waals surface area contributed by atoms with Crippen LogP contribution in [0.25, 0.3) is 100 Å². The molecule has 0 aliphatic carbocycles. The van der Waals surface area contributed by atoms with Crippen LogP contribution >= 0.6 is 0 Å². The van der Waals surface area contributed by atoms with Crippen LogP contribution in [0.5, 0.6) is 0 Å². The molecule has 56 heavy (non-hydrogen) atoms. The summed E-state index contributed by atoms with van der Waals surface area (Å²) >= 11 is 0. The van der Waals surface area contributed by atoms with Crippen LogP contribution in [-0.2, 0) is 0 Å². The number of hydrogen-bond donors (Lipinski definition) is 0. The van der Waals surface area contributed by atoms with E-state index >= 15 is 0 Å². The van der Waals surface area contributed by atoms with Crippen molar-refractivity contribution in [1.29, 1.82) is 0 Å². The maximum Gasteiger partial charge on any atom is 0.138 e. The number of para-hydroxylation sites is 2. The Labute approximate surface area is 324 Å². The molecule has 7 aromatic carbocycles. The number of nitrogens with zero attached hydrogens (tertiary/aromatic N) is 4. The van der Waals surface area contributed by atoms with Gasteiger partial charge < -0.3 is 0 Å². The zero-order chi connectivity index (χ0) is 37.0. The molecule has 0 radical (unpaired) electrons. The van der Waals surface area contributed by atoms with Gasteiger partial charge in [-0.05, 0) is 82.9 Å². The summed E-state index contributed by atoms with van der Waals surface area (Å²) in [6, 6.07) is 73.0.